The summed E-state index contributed by atoms with van der Waals surface area (Å²) in [6.45, 7) is 11.9. The van der Waals surface area contributed by atoms with Gasteiger partial charge < -0.3 is 14.0 Å². The highest BCUT2D eigenvalue weighted by Gasteiger charge is 2.22. The third kappa shape index (κ3) is 6.77. The van der Waals surface area contributed by atoms with E-state index < -0.39 is 10.1 Å². The Morgan fingerprint density at radius 3 is 2.22 bits per heavy atom. The molecule has 32 heavy (non-hydrogen) atoms. The summed E-state index contributed by atoms with van der Waals surface area (Å²) >= 11 is 11.9. The molecule has 0 heterocycles. The number of halogens is 2. The molecule has 0 aromatic heterocycles. The number of anilines is 1. The highest BCUT2D eigenvalue weighted by Crippen LogP contribution is 2.31. The van der Waals surface area contributed by atoms with Crippen molar-refractivity contribution in [3.05, 3.63) is 52.0 Å². The maximum absolute atomic E-state index is 13.0. The fourth-order valence-corrected chi connectivity index (χ4v) is 4.63. The molecule has 2 aromatic rings. The van der Waals surface area contributed by atoms with E-state index in [1.54, 1.807) is 11.0 Å². The minimum Gasteiger partial charge on any atom is -0.379 e. The molecular weight excluding hydrogens is 471 g/mol. The van der Waals surface area contributed by atoms with Gasteiger partial charge in [-0.25, -0.2) is 0 Å². The van der Waals surface area contributed by atoms with Gasteiger partial charge in [0.25, 0.3) is 0 Å². The van der Waals surface area contributed by atoms with Gasteiger partial charge in [0.15, 0.2) is 0 Å². The van der Waals surface area contributed by atoms with Gasteiger partial charge in [0.1, 0.15) is 10.6 Å². The van der Waals surface area contributed by atoms with E-state index in [2.05, 4.69) is 4.90 Å². The molecule has 0 saturated carbocycles. The molecule has 0 unspecified atom stereocenters. The molecule has 6 nitrogen and oxygen atoms in total. The highest BCUT2D eigenvalue weighted by atomic mass is 35.5. The van der Waals surface area contributed by atoms with Gasteiger partial charge in [-0.2, -0.15) is 8.42 Å². The maximum atomic E-state index is 13.0. The zero-order valence-electron chi connectivity index (χ0n) is 19.1. The first-order valence-electron chi connectivity index (χ1n) is 10.5. The highest BCUT2D eigenvalue weighted by molar-refractivity contribution is 7.87. The molecule has 0 bridgehead atoms. The Kier molecular flexibility index (Phi) is 9.25. The van der Waals surface area contributed by atoms with Gasteiger partial charge in [0.2, 0.25) is 5.91 Å². The van der Waals surface area contributed by atoms with E-state index in [1.165, 1.54) is 25.1 Å². The van der Waals surface area contributed by atoms with E-state index in [-0.39, 0.29) is 39.1 Å². The lowest BCUT2D eigenvalue weighted by Crippen LogP contribution is -2.32. The van der Waals surface area contributed by atoms with Crippen LogP contribution < -0.4 is 9.08 Å². The summed E-state index contributed by atoms with van der Waals surface area (Å²) in [5, 5.41) is 0.369. The van der Waals surface area contributed by atoms with Gasteiger partial charge in [0.05, 0.1) is 10.0 Å². The Bertz CT molecular complexity index is 1050. The lowest BCUT2D eigenvalue weighted by Gasteiger charge is -2.26. The molecule has 0 fully saturated rings. The van der Waals surface area contributed by atoms with Gasteiger partial charge in [-0.1, -0.05) is 43.1 Å². The van der Waals surface area contributed by atoms with E-state index in [1.807, 2.05) is 39.8 Å². The number of hydrogen-bond donors (Lipinski definition) is 0. The third-order valence-electron chi connectivity index (χ3n) is 4.95. The van der Waals surface area contributed by atoms with Crippen molar-refractivity contribution < 1.29 is 17.4 Å². The van der Waals surface area contributed by atoms with Crippen LogP contribution in [0, 0.1) is 5.92 Å². The SMILES string of the molecule is CCN(CC)c1ccc(CN(CC(C)C)C(C)=O)c(OS(=O)(=O)c2ccc(Cl)c(Cl)c2)c1. The van der Waals surface area contributed by atoms with Crippen LogP contribution in [0.4, 0.5) is 5.69 Å². The minimum absolute atomic E-state index is 0.0928. The molecular formula is C23H30Cl2N2O4S. The molecule has 176 valence electrons. The van der Waals surface area contributed by atoms with Crippen molar-refractivity contribution in [1.82, 2.24) is 4.90 Å². The number of nitrogens with zero attached hydrogens (tertiary/aromatic N) is 2. The van der Waals surface area contributed by atoms with Crippen molar-refractivity contribution >= 4 is 44.9 Å². The number of amides is 1. The molecule has 0 spiro atoms. The quantitative estimate of drug-likeness (QED) is 0.396. The van der Waals surface area contributed by atoms with Crippen LogP contribution in [-0.4, -0.2) is 38.9 Å². The predicted octanol–water partition coefficient (Wildman–Crippen LogP) is 5.61. The van der Waals surface area contributed by atoms with Gasteiger partial charge in [-0.3, -0.25) is 4.79 Å². The Labute approximate surface area is 201 Å². The average molecular weight is 501 g/mol. The van der Waals surface area contributed by atoms with E-state index >= 15 is 0 Å². The summed E-state index contributed by atoms with van der Waals surface area (Å²) in [6.07, 6.45) is 0. The molecule has 0 aliphatic heterocycles. The minimum atomic E-state index is -4.18. The first kappa shape index (κ1) is 26.3. The van der Waals surface area contributed by atoms with Crippen LogP contribution >= 0.6 is 23.2 Å². The summed E-state index contributed by atoms with van der Waals surface area (Å²) in [5.74, 6) is 0.346. The van der Waals surface area contributed by atoms with Crippen LogP contribution in [0.3, 0.4) is 0 Å². The van der Waals surface area contributed by atoms with Crippen molar-refractivity contribution in [2.24, 2.45) is 5.92 Å². The Hall–Kier alpha value is -1.96. The van der Waals surface area contributed by atoms with Crippen LogP contribution in [0.15, 0.2) is 41.3 Å². The molecule has 0 saturated heterocycles. The number of benzene rings is 2. The third-order valence-corrected chi connectivity index (χ3v) is 6.92. The monoisotopic (exact) mass is 500 g/mol. The summed E-state index contributed by atoms with van der Waals surface area (Å²) in [7, 11) is -4.18. The fourth-order valence-electron chi connectivity index (χ4n) is 3.29. The summed E-state index contributed by atoms with van der Waals surface area (Å²) in [6, 6.07) is 9.43. The molecule has 0 N–H and O–H groups in total. The second kappa shape index (κ2) is 11.3. The van der Waals surface area contributed by atoms with E-state index in [0.717, 1.165) is 18.8 Å². The van der Waals surface area contributed by atoms with Gasteiger partial charge in [-0.15, -0.1) is 0 Å². The molecule has 1 amide bonds. The van der Waals surface area contributed by atoms with Crippen LogP contribution in [0.5, 0.6) is 5.75 Å². The topological polar surface area (TPSA) is 66.9 Å². The Morgan fingerprint density at radius 2 is 1.69 bits per heavy atom. The molecule has 0 atom stereocenters. The largest absolute Gasteiger partial charge is 0.379 e. The Morgan fingerprint density at radius 1 is 1.03 bits per heavy atom. The maximum Gasteiger partial charge on any atom is 0.339 e. The van der Waals surface area contributed by atoms with Crippen LogP contribution in [0.25, 0.3) is 0 Å². The predicted molar refractivity (Wildman–Crippen MR) is 130 cm³/mol. The van der Waals surface area contributed by atoms with Crippen molar-refractivity contribution in [1.29, 1.82) is 0 Å². The van der Waals surface area contributed by atoms with Crippen LogP contribution in [0.2, 0.25) is 10.0 Å². The van der Waals surface area contributed by atoms with E-state index in [0.29, 0.717) is 12.1 Å². The zero-order valence-corrected chi connectivity index (χ0v) is 21.4. The first-order valence-corrected chi connectivity index (χ1v) is 12.7. The zero-order chi connectivity index (χ0) is 24.1. The second-order valence-corrected chi connectivity index (χ2v) is 10.2. The van der Waals surface area contributed by atoms with Crippen molar-refractivity contribution in [3.8, 4) is 5.75 Å². The molecule has 9 heteroatoms. The van der Waals surface area contributed by atoms with Gasteiger partial charge in [0, 0.05) is 50.4 Å². The average Bonchev–Trinajstić information content (AvgIpc) is 2.71. The number of hydrogen-bond acceptors (Lipinski definition) is 5. The normalized spacial score (nSPS) is 11.5. The number of carbonyl (C=O) groups excluding carboxylic acids is 1. The van der Waals surface area contributed by atoms with Crippen molar-refractivity contribution in [3.63, 3.8) is 0 Å². The summed E-state index contributed by atoms with van der Waals surface area (Å²) < 4.78 is 31.6. The molecule has 0 aliphatic rings. The molecule has 0 aliphatic carbocycles. The van der Waals surface area contributed by atoms with Gasteiger partial charge >= 0.3 is 10.1 Å². The summed E-state index contributed by atoms with van der Waals surface area (Å²) in [4.78, 5) is 15.8. The second-order valence-electron chi connectivity index (χ2n) is 7.87. The smallest absolute Gasteiger partial charge is 0.339 e. The van der Waals surface area contributed by atoms with E-state index in [9.17, 15) is 13.2 Å². The number of carbonyl (C=O) groups is 1. The van der Waals surface area contributed by atoms with Gasteiger partial charge in [-0.05, 0) is 44.0 Å². The Balaban J connectivity index is 2.51. The first-order chi connectivity index (χ1) is 15.0. The molecule has 0 radical (unpaired) electrons. The molecule has 2 rings (SSSR count). The van der Waals surface area contributed by atoms with Crippen LogP contribution in [-0.2, 0) is 21.5 Å². The lowest BCUT2D eigenvalue weighted by atomic mass is 10.1. The fraction of sp³-hybridized carbons (Fsp3) is 0.435. The number of rotatable bonds is 10. The van der Waals surface area contributed by atoms with Crippen molar-refractivity contribution in [2.45, 2.75) is 46.1 Å². The van der Waals surface area contributed by atoms with E-state index in [4.69, 9.17) is 27.4 Å². The summed E-state index contributed by atoms with van der Waals surface area (Å²) in [5.41, 5.74) is 1.43. The molecule has 2 aromatic carbocycles. The lowest BCUT2D eigenvalue weighted by molar-refractivity contribution is -0.130. The van der Waals surface area contributed by atoms with Crippen molar-refractivity contribution in [2.75, 3.05) is 24.5 Å². The van der Waals surface area contributed by atoms with Crippen LogP contribution in [0.1, 0.15) is 40.2 Å². The standard InChI is InChI=1S/C23H30Cl2N2O4S/c1-6-26(7-2)19-9-8-18(15-27(17(5)28)14-16(3)4)23(12-19)31-32(29,30)20-10-11-21(24)22(25)13-20/h8-13,16H,6-7,14-15H2,1-5H3.